The third-order valence-corrected chi connectivity index (χ3v) is 7.44. The maximum Gasteiger partial charge on any atom is 0.169 e. The standard InChI is InChI=1S/C35H31F2N3O2/c1-23-4-2-5-28(14-8-23)42-22-24-9-12-26(13-10-24)27-16-17-41-29(19-27)18-25-11-15-32-33(21-38-20-25)40-35(39-32)30-6-3-7-31(36)34(30)37/h2-10,12-16,19,21,23,25H,11,17-18,20,22H2,1H3. The number of hydrogen-bond donors (Lipinski definition) is 0. The highest BCUT2D eigenvalue weighted by atomic mass is 19.2. The molecule has 2 atom stereocenters. The van der Waals surface area contributed by atoms with Crippen molar-refractivity contribution >= 4 is 23.3 Å². The second kappa shape index (κ2) is 12.5. The van der Waals surface area contributed by atoms with E-state index in [9.17, 15) is 8.78 Å². The van der Waals surface area contributed by atoms with E-state index in [1.165, 1.54) is 12.1 Å². The smallest absolute Gasteiger partial charge is 0.169 e. The molecule has 6 rings (SSSR count). The van der Waals surface area contributed by atoms with Gasteiger partial charge in [-0.2, -0.15) is 0 Å². The predicted molar refractivity (Wildman–Crippen MR) is 163 cm³/mol. The van der Waals surface area contributed by atoms with Crippen molar-refractivity contribution in [2.45, 2.75) is 26.4 Å². The Kier molecular flexibility index (Phi) is 8.17. The Morgan fingerprint density at radius 3 is 2.79 bits per heavy atom. The zero-order valence-corrected chi connectivity index (χ0v) is 23.3. The molecule has 0 spiro atoms. The zero-order chi connectivity index (χ0) is 28.9. The maximum atomic E-state index is 14.3. The highest BCUT2D eigenvalue weighted by Gasteiger charge is 2.23. The van der Waals surface area contributed by atoms with Crippen LogP contribution in [0.4, 0.5) is 8.78 Å². The lowest BCUT2D eigenvalue weighted by Gasteiger charge is -2.20. The molecule has 0 amide bonds. The summed E-state index contributed by atoms with van der Waals surface area (Å²) >= 11 is 0. The van der Waals surface area contributed by atoms with Crippen LogP contribution in [0.15, 0.2) is 123 Å². The van der Waals surface area contributed by atoms with Gasteiger partial charge < -0.3 is 9.47 Å². The molecule has 0 radical (unpaired) electrons. The maximum absolute atomic E-state index is 14.3. The first-order valence-corrected chi connectivity index (χ1v) is 14.2. The van der Waals surface area contributed by atoms with E-state index in [2.05, 4.69) is 70.5 Å². The van der Waals surface area contributed by atoms with E-state index in [4.69, 9.17) is 9.47 Å². The average Bonchev–Trinajstić information content (AvgIpc) is 3.26. The molecule has 1 aliphatic carbocycles. The number of fused-ring (bicyclic) bond motifs is 1. The van der Waals surface area contributed by atoms with Gasteiger partial charge in [0.2, 0.25) is 0 Å². The van der Waals surface area contributed by atoms with Gasteiger partial charge in [0, 0.05) is 19.2 Å². The van der Waals surface area contributed by atoms with E-state index >= 15 is 0 Å². The van der Waals surface area contributed by atoms with E-state index in [1.807, 2.05) is 24.3 Å². The second-order valence-electron chi connectivity index (χ2n) is 10.7. The van der Waals surface area contributed by atoms with Crippen LogP contribution in [0.5, 0.6) is 0 Å². The minimum Gasteiger partial charge on any atom is -0.494 e. The number of ether oxygens (including phenoxy) is 2. The molecular weight excluding hydrogens is 532 g/mol. The van der Waals surface area contributed by atoms with Gasteiger partial charge in [0.05, 0.1) is 17.0 Å². The van der Waals surface area contributed by atoms with Crippen LogP contribution in [0.1, 0.15) is 36.5 Å². The van der Waals surface area contributed by atoms with Gasteiger partial charge in [0.25, 0.3) is 0 Å². The number of allylic oxidation sites excluding steroid dienone is 10. The van der Waals surface area contributed by atoms with E-state index in [0.717, 1.165) is 40.7 Å². The van der Waals surface area contributed by atoms with Crippen molar-refractivity contribution in [3.8, 4) is 0 Å². The molecule has 0 saturated carbocycles. The summed E-state index contributed by atoms with van der Waals surface area (Å²) in [6.45, 7) is 3.76. The molecule has 0 fully saturated rings. The third-order valence-electron chi connectivity index (χ3n) is 7.44. The summed E-state index contributed by atoms with van der Waals surface area (Å²) in [4.78, 5) is 13.4. The largest absolute Gasteiger partial charge is 0.494 e. The summed E-state index contributed by atoms with van der Waals surface area (Å²) in [5.41, 5.74) is 4.59. The highest BCUT2D eigenvalue weighted by molar-refractivity contribution is 6.43. The van der Waals surface area contributed by atoms with E-state index in [0.29, 0.717) is 43.5 Å². The molecule has 0 N–H and O–H groups in total. The van der Waals surface area contributed by atoms with Gasteiger partial charge in [-0.3, -0.25) is 4.99 Å². The molecule has 42 heavy (non-hydrogen) atoms. The lowest BCUT2D eigenvalue weighted by Crippen LogP contribution is -2.13. The van der Waals surface area contributed by atoms with Gasteiger partial charge in [-0.15, -0.1) is 0 Å². The van der Waals surface area contributed by atoms with Crippen molar-refractivity contribution < 1.29 is 18.3 Å². The van der Waals surface area contributed by atoms with Crippen LogP contribution in [0.3, 0.4) is 0 Å². The first-order valence-electron chi connectivity index (χ1n) is 14.2. The number of nitrogens with zero attached hydrogens (tertiary/aromatic N) is 3. The molecule has 2 aromatic carbocycles. The van der Waals surface area contributed by atoms with E-state index < -0.39 is 11.6 Å². The second-order valence-corrected chi connectivity index (χ2v) is 10.7. The molecule has 3 heterocycles. The first kappa shape index (κ1) is 27.5. The Morgan fingerprint density at radius 2 is 1.90 bits per heavy atom. The summed E-state index contributed by atoms with van der Waals surface area (Å²) in [7, 11) is 0. The van der Waals surface area contributed by atoms with Crippen LogP contribution in [0, 0.1) is 23.5 Å². The fourth-order valence-corrected chi connectivity index (χ4v) is 5.06. The van der Waals surface area contributed by atoms with Crippen molar-refractivity contribution in [1.29, 1.82) is 0 Å². The van der Waals surface area contributed by atoms with Crippen molar-refractivity contribution in [1.82, 2.24) is 0 Å². The topological polar surface area (TPSA) is 55.5 Å². The molecule has 0 aromatic heterocycles. The molecule has 0 saturated heterocycles. The summed E-state index contributed by atoms with van der Waals surface area (Å²) < 4.78 is 40.0. The molecule has 7 heteroatoms. The van der Waals surface area contributed by atoms with Gasteiger partial charge in [-0.05, 0) is 71.4 Å². The van der Waals surface area contributed by atoms with E-state index in [1.54, 1.807) is 6.21 Å². The van der Waals surface area contributed by atoms with Crippen LogP contribution in [-0.4, -0.2) is 30.9 Å². The van der Waals surface area contributed by atoms with Gasteiger partial charge in [0.15, 0.2) is 17.5 Å². The third kappa shape index (κ3) is 6.46. The van der Waals surface area contributed by atoms with Crippen molar-refractivity contribution in [2.24, 2.45) is 26.8 Å². The summed E-state index contributed by atoms with van der Waals surface area (Å²) in [6, 6.07) is 12.4. The number of rotatable bonds is 7. The van der Waals surface area contributed by atoms with Crippen molar-refractivity contribution in [2.75, 3.05) is 13.2 Å². The Morgan fingerprint density at radius 1 is 1.02 bits per heavy atom. The number of benzene rings is 2. The Labute approximate surface area is 244 Å². The fourth-order valence-electron chi connectivity index (χ4n) is 5.06. The summed E-state index contributed by atoms with van der Waals surface area (Å²) in [6.07, 6.45) is 19.6. The van der Waals surface area contributed by atoms with Crippen LogP contribution in [0.25, 0.3) is 5.57 Å². The lowest BCUT2D eigenvalue weighted by molar-refractivity contribution is 0.211. The van der Waals surface area contributed by atoms with Crippen LogP contribution < -0.4 is 0 Å². The summed E-state index contributed by atoms with van der Waals surface area (Å²) in [5, 5.41) is 0. The van der Waals surface area contributed by atoms with E-state index in [-0.39, 0.29) is 17.3 Å². The van der Waals surface area contributed by atoms with Crippen LogP contribution in [0.2, 0.25) is 0 Å². The molecule has 0 bridgehead atoms. The molecule has 2 aromatic rings. The number of hydrogen-bond acceptors (Lipinski definition) is 5. The fraction of sp³-hybridized carbons (Fsp3) is 0.229. The molecule has 212 valence electrons. The number of amidine groups is 1. The van der Waals surface area contributed by atoms with Gasteiger partial charge in [0.1, 0.15) is 24.7 Å². The van der Waals surface area contributed by atoms with Crippen molar-refractivity contribution in [3.63, 3.8) is 0 Å². The lowest BCUT2D eigenvalue weighted by atomic mass is 9.95. The van der Waals surface area contributed by atoms with Crippen molar-refractivity contribution in [3.05, 3.63) is 137 Å². The molecule has 2 unspecified atom stereocenters. The van der Waals surface area contributed by atoms with Gasteiger partial charge in [-0.25, -0.2) is 18.8 Å². The summed E-state index contributed by atoms with van der Waals surface area (Å²) in [5.74, 6) is 0.675. The minimum absolute atomic E-state index is 0.0435. The number of halogens is 2. The Balaban J connectivity index is 1.08. The van der Waals surface area contributed by atoms with Crippen LogP contribution >= 0.6 is 0 Å². The normalized spacial score (nSPS) is 21.4. The molecular formula is C35H31F2N3O2. The Hall–Kier alpha value is -4.65. The Bertz CT molecular complexity index is 1640. The molecule has 4 aliphatic rings. The zero-order valence-electron chi connectivity index (χ0n) is 23.3. The molecule has 3 aliphatic heterocycles. The number of aliphatic imine (C=N–C) groups is 3. The monoisotopic (exact) mass is 563 g/mol. The highest BCUT2D eigenvalue weighted by Crippen LogP contribution is 2.29. The van der Waals surface area contributed by atoms with Crippen LogP contribution in [-0.2, 0) is 16.1 Å². The predicted octanol–water partition coefficient (Wildman–Crippen LogP) is 7.69. The van der Waals surface area contributed by atoms with Gasteiger partial charge in [-0.1, -0.05) is 61.6 Å². The molecule has 5 nitrogen and oxygen atoms in total. The SMILES string of the molecule is CC1C=CC=C(OCc2ccc(C3=CCOC(CC4CC=C5N=C(c6cccc(F)c6F)N=C5C=NC4)=C3)cc2)C=C1. The average molecular weight is 564 g/mol. The quantitative estimate of drug-likeness (QED) is 0.347. The minimum atomic E-state index is -0.948. The first-order chi connectivity index (χ1) is 20.5. The van der Waals surface area contributed by atoms with Gasteiger partial charge >= 0.3 is 0 Å².